The second-order valence-electron chi connectivity index (χ2n) is 6.99. The van der Waals surface area contributed by atoms with Gasteiger partial charge < -0.3 is 15.0 Å². The Hall–Kier alpha value is -2.89. The van der Waals surface area contributed by atoms with Gasteiger partial charge in [0.15, 0.2) is 0 Å². The number of carbonyl (C=O) groups is 3. The quantitative estimate of drug-likeness (QED) is 0.431. The lowest BCUT2D eigenvalue weighted by molar-refractivity contribution is -0.151. The summed E-state index contributed by atoms with van der Waals surface area (Å²) < 4.78 is 5.06. The molecule has 0 bridgehead atoms. The van der Waals surface area contributed by atoms with Crippen LogP contribution in [-0.2, 0) is 25.7 Å². The molecule has 6 heteroatoms. The van der Waals surface area contributed by atoms with E-state index in [1.54, 1.807) is 26.0 Å². The van der Waals surface area contributed by atoms with Crippen molar-refractivity contribution in [2.75, 3.05) is 6.61 Å². The number of nitrogens with one attached hydrogen (secondary N) is 1. The van der Waals surface area contributed by atoms with Crippen LogP contribution in [0.15, 0.2) is 55.6 Å². The first-order chi connectivity index (χ1) is 13.8. The number of hydrogen-bond acceptors (Lipinski definition) is 4. The Labute approximate surface area is 173 Å². The van der Waals surface area contributed by atoms with Gasteiger partial charge in [0, 0.05) is 13.5 Å². The molecule has 1 aromatic rings. The molecule has 6 nitrogen and oxygen atoms in total. The zero-order chi connectivity index (χ0) is 21.9. The topological polar surface area (TPSA) is 75.7 Å². The highest BCUT2D eigenvalue weighted by atomic mass is 16.5. The zero-order valence-corrected chi connectivity index (χ0v) is 17.6. The Kier molecular flexibility index (Phi) is 9.86. The first kappa shape index (κ1) is 24.1. The number of allylic oxidation sites excluding steroid dienone is 1. The Morgan fingerprint density at radius 2 is 1.86 bits per heavy atom. The second kappa shape index (κ2) is 11.8. The first-order valence-electron chi connectivity index (χ1n) is 9.81. The number of ether oxygens (including phenoxy) is 1. The summed E-state index contributed by atoms with van der Waals surface area (Å²) in [7, 11) is 0. The standard InChI is InChI=1S/C23H32N2O4/c1-6-9-16-23(5,22(28)24-20(13-7-2)21(27)29-8-3)25(18(4)26)17-19-14-11-10-12-15-19/h6-7,10-12,14-15,20H,1-2,8-9,13,16-17H2,3-5H3,(H,24,28). The molecule has 0 saturated carbocycles. The van der Waals surface area contributed by atoms with E-state index in [2.05, 4.69) is 18.5 Å². The van der Waals surface area contributed by atoms with Gasteiger partial charge in [-0.2, -0.15) is 0 Å². The fourth-order valence-corrected chi connectivity index (χ4v) is 3.09. The molecule has 1 rings (SSSR count). The third-order valence-electron chi connectivity index (χ3n) is 4.76. The van der Waals surface area contributed by atoms with Crippen molar-refractivity contribution in [3.05, 3.63) is 61.2 Å². The maximum Gasteiger partial charge on any atom is 0.328 e. The van der Waals surface area contributed by atoms with Crippen LogP contribution >= 0.6 is 0 Å². The van der Waals surface area contributed by atoms with E-state index in [0.717, 1.165) is 5.56 Å². The molecule has 29 heavy (non-hydrogen) atoms. The summed E-state index contributed by atoms with van der Waals surface area (Å²) in [4.78, 5) is 39.6. The van der Waals surface area contributed by atoms with Gasteiger partial charge in [0.2, 0.25) is 11.8 Å². The minimum Gasteiger partial charge on any atom is -0.464 e. The van der Waals surface area contributed by atoms with Crippen LogP contribution in [0, 0.1) is 0 Å². The van der Waals surface area contributed by atoms with E-state index < -0.39 is 23.5 Å². The normalized spacial score (nSPS) is 13.5. The van der Waals surface area contributed by atoms with Crippen LogP contribution in [-0.4, -0.2) is 40.9 Å². The Balaban J connectivity index is 3.21. The van der Waals surface area contributed by atoms with Gasteiger partial charge >= 0.3 is 5.97 Å². The monoisotopic (exact) mass is 400 g/mol. The Morgan fingerprint density at radius 3 is 2.38 bits per heavy atom. The van der Waals surface area contributed by atoms with E-state index in [4.69, 9.17) is 4.74 Å². The van der Waals surface area contributed by atoms with E-state index >= 15 is 0 Å². The third kappa shape index (κ3) is 6.89. The highest BCUT2D eigenvalue weighted by molar-refractivity contribution is 5.93. The summed E-state index contributed by atoms with van der Waals surface area (Å²) in [5, 5.41) is 2.76. The van der Waals surface area contributed by atoms with E-state index in [-0.39, 0.29) is 25.5 Å². The van der Waals surface area contributed by atoms with E-state index in [0.29, 0.717) is 12.8 Å². The van der Waals surface area contributed by atoms with Crippen LogP contribution in [0.1, 0.15) is 45.6 Å². The molecule has 0 radical (unpaired) electrons. The van der Waals surface area contributed by atoms with Crippen molar-refractivity contribution in [3.63, 3.8) is 0 Å². The molecule has 0 aliphatic rings. The molecular weight excluding hydrogens is 368 g/mol. The lowest BCUT2D eigenvalue weighted by atomic mass is 9.90. The number of hydrogen-bond donors (Lipinski definition) is 1. The molecule has 0 fully saturated rings. The van der Waals surface area contributed by atoms with Gasteiger partial charge in [0.05, 0.1) is 6.61 Å². The van der Waals surface area contributed by atoms with Crippen molar-refractivity contribution in [3.8, 4) is 0 Å². The SMILES string of the molecule is C=CCCC(C)(C(=O)NC(CC=C)C(=O)OCC)N(Cc1ccccc1)C(C)=O. The predicted octanol–water partition coefficient (Wildman–Crippen LogP) is 3.38. The molecule has 0 spiro atoms. The van der Waals surface area contributed by atoms with Crippen LogP contribution in [0.5, 0.6) is 0 Å². The van der Waals surface area contributed by atoms with Crippen LogP contribution in [0.25, 0.3) is 0 Å². The Bertz CT molecular complexity index is 717. The lowest BCUT2D eigenvalue weighted by Gasteiger charge is -2.40. The highest BCUT2D eigenvalue weighted by Gasteiger charge is 2.42. The van der Waals surface area contributed by atoms with E-state index in [1.165, 1.54) is 11.8 Å². The maximum absolute atomic E-state index is 13.3. The van der Waals surface area contributed by atoms with Crippen LogP contribution in [0.4, 0.5) is 0 Å². The van der Waals surface area contributed by atoms with Crippen molar-refractivity contribution in [2.45, 2.75) is 58.2 Å². The average molecular weight is 401 g/mol. The number of carbonyl (C=O) groups excluding carboxylic acids is 3. The second-order valence-corrected chi connectivity index (χ2v) is 6.99. The lowest BCUT2D eigenvalue weighted by Crippen LogP contribution is -2.60. The number of amides is 2. The molecule has 0 aromatic heterocycles. The number of nitrogens with zero attached hydrogens (tertiary/aromatic N) is 1. The molecule has 2 atom stereocenters. The predicted molar refractivity (Wildman–Crippen MR) is 114 cm³/mol. The van der Waals surface area contributed by atoms with Crippen molar-refractivity contribution < 1.29 is 19.1 Å². The summed E-state index contributed by atoms with van der Waals surface area (Å²) >= 11 is 0. The van der Waals surface area contributed by atoms with Crippen molar-refractivity contribution in [1.29, 1.82) is 0 Å². The van der Waals surface area contributed by atoms with Crippen molar-refractivity contribution >= 4 is 17.8 Å². The van der Waals surface area contributed by atoms with Gasteiger partial charge in [-0.3, -0.25) is 9.59 Å². The number of rotatable bonds is 12. The summed E-state index contributed by atoms with van der Waals surface area (Å²) in [5.41, 5.74) is -0.254. The molecule has 0 heterocycles. The number of esters is 1. The summed E-state index contributed by atoms with van der Waals surface area (Å²) in [5.74, 6) is -1.17. The molecule has 0 saturated heterocycles. The number of benzene rings is 1. The minimum atomic E-state index is -1.16. The Morgan fingerprint density at radius 1 is 1.21 bits per heavy atom. The first-order valence-corrected chi connectivity index (χ1v) is 9.81. The van der Waals surface area contributed by atoms with Crippen molar-refractivity contribution in [1.82, 2.24) is 10.2 Å². The van der Waals surface area contributed by atoms with Crippen molar-refractivity contribution in [2.24, 2.45) is 0 Å². The van der Waals surface area contributed by atoms with Crippen LogP contribution < -0.4 is 5.32 Å². The molecule has 0 aliphatic carbocycles. The van der Waals surface area contributed by atoms with Gasteiger partial charge in [-0.15, -0.1) is 13.2 Å². The summed E-state index contributed by atoms with van der Waals surface area (Å²) in [6.07, 6.45) is 4.40. The fourth-order valence-electron chi connectivity index (χ4n) is 3.09. The summed E-state index contributed by atoms with van der Waals surface area (Å²) in [6, 6.07) is 8.62. The molecule has 158 valence electrons. The average Bonchev–Trinajstić information content (AvgIpc) is 2.70. The zero-order valence-electron chi connectivity index (χ0n) is 17.6. The van der Waals surface area contributed by atoms with E-state index in [1.807, 2.05) is 30.3 Å². The molecule has 1 N–H and O–H groups in total. The summed E-state index contributed by atoms with van der Waals surface area (Å²) in [6.45, 7) is 12.7. The van der Waals surface area contributed by atoms with Crippen LogP contribution in [0.2, 0.25) is 0 Å². The minimum absolute atomic E-state index is 0.212. The van der Waals surface area contributed by atoms with Gasteiger partial charge in [0.25, 0.3) is 0 Å². The smallest absolute Gasteiger partial charge is 0.328 e. The fraction of sp³-hybridized carbons (Fsp3) is 0.435. The van der Waals surface area contributed by atoms with E-state index in [9.17, 15) is 14.4 Å². The van der Waals surface area contributed by atoms with Gasteiger partial charge in [-0.25, -0.2) is 4.79 Å². The molecular formula is C23H32N2O4. The molecule has 1 aromatic carbocycles. The molecule has 0 aliphatic heterocycles. The highest BCUT2D eigenvalue weighted by Crippen LogP contribution is 2.25. The third-order valence-corrected chi connectivity index (χ3v) is 4.76. The van der Waals surface area contributed by atoms with Gasteiger partial charge in [0.1, 0.15) is 11.6 Å². The molecule has 2 unspecified atom stereocenters. The van der Waals surface area contributed by atoms with Crippen LogP contribution in [0.3, 0.4) is 0 Å². The largest absolute Gasteiger partial charge is 0.464 e. The maximum atomic E-state index is 13.3. The molecule has 2 amide bonds. The van der Waals surface area contributed by atoms with Gasteiger partial charge in [-0.1, -0.05) is 42.5 Å². The van der Waals surface area contributed by atoms with Gasteiger partial charge in [-0.05, 0) is 38.7 Å².